The number of halogens is 2. The van der Waals surface area contributed by atoms with Gasteiger partial charge in [0.2, 0.25) is 5.91 Å². The Balaban J connectivity index is 1.33. The Kier molecular flexibility index (Phi) is 10.7. The number of carbonyl (C=O) groups is 1. The third-order valence-electron chi connectivity index (χ3n) is 8.60. The summed E-state index contributed by atoms with van der Waals surface area (Å²) in [6.07, 6.45) is 6.66. The number of hydrogen-bond donors (Lipinski definition) is 3. The Hall–Kier alpha value is -3.87. The normalized spacial score (nSPS) is 16.7. The van der Waals surface area contributed by atoms with Gasteiger partial charge in [0.15, 0.2) is 0 Å². The highest BCUT2D eigenvalue weighted by Gasteiger charge is 2.29. The summed E-state index contributed by atoms with van der Waals surface area (Å²) < 4.78 is 28.9. The molecule has 0 unspecified atom stereocenters. The first-order valence-electron chi connectivity index (χ1n) is 15.4. The molecule has 1 heterocycles. The number of aryl methyl sites for hydroxylation is 2. The minimum Gasteiger partial charge on any atom is -0.324 e. The highest BCUT2D eigenvalue weighted by Crippen LogP contribution is 2.30. The number of carbonyl (C=O) groups excluding carboxylic acids is 1. The van der Waals surface area contributed by atoms with Gasteiger partial charge < -0.3 is 16.4 Å². The maximum Gasteiger partial charge on any atom is 0.242 e. The topological polar surface area (TPSA) is 67.2 Å². The lowest BCUT2D eigenvalue weighted by Gasteiger charge is -2.25. The average Bonchev–Trinajstić information content (AvgIpc) is 3.31. The molecule has 4 aromatic rings. The van der Waals surface area contributed by atoms with Gasteiger partial charge in [-0.1, -0.05) is 79.2 Å². The van der Waals surface area contributed by atoms with Gasteiger partial charge in [-0.25, -0.2) is 8.78 Å². The van der Waals surface area contributed by atoms with Gasteiger partial charge in [-0.3, -0.25) is 4.79 Å². The molecule has 5 rings (SSSR count). The lowest BCUT2D eigenvalue weighted by Crippen LogP contribution is -2.41. The second kappa shape index (κ2) is 15.0. The number of rotatable bonds is 11. The summed E-state index contributed by atoms with van der Waals surface area (Å²) in [4.78, 5) is 13.7. The van der Waals surface area contributed by atoms with Crippen molar-refractivity contribution >= 4 is 11.6 Å². The zero-order chi connectivity index (χ0) is 30.0. The molecule has 0 saturated carbocycles. The van der Waals surface area contributed by atoms with Crippen LogP contribution in [0, 0.1) is 17.6 Å². The summed E-state index contributed by atoms with van der Waals surface area (Å²) in [5.74, 6) is -1.13. The Bertz CT molecular complexity index is 1450. The van der Waals surface area contributed by atoms with Gasteiger partial charge in [-0.05, 0) is 104 Å². The molecule has 1 fully saturated rings. The van der Waals surface area contributed by atoms with Gasteiger partial charge in [-0.15, -0.1) is 0 Å². The van der Waals surface area contributed by atoms with Gasteiger partial charge >= 0.3 is 0 Å². The molecule has 3 atom stereocenters. The smallest absolute Gasteiger partial charge is 0.242 e. The van der Waals surface area contributed by atoms with E-state index in [1.165, 1.54) is 42.2 Å². The van der Waals surface area contributed by atoms with Crippen molar-refractivity contribution in [3.63, 3.8) is 0 Å². The minimum absolute atomic E-state index is 0.325. The zero-order valence-electron chi connectivity index (χ0n) is 24.6. The van der Waals surface area contributed by atoms with E-state index in [-0.39, 0.29) is 11.6 Å². The van der Waals surface area contributed by atoms with Crippen LogP contribution in [0.2, 0.25) is 0 Å². The van der Waals surface area contributed by atoms with E-state index in [9.17, 15) is 9.18 Å². The van der Waals surface area contributed by atoms with Crippen molar-refractivity contribution in [3.05, 3.63) is 137 Å². The van der Waals surface area contributed by atoms with Crippen molar-refractivity contribution in [3.8, 4) is 0 Å². The van der Waals surface area contributed by atoms with E-state index in [2.05, 4.69) is 34.9 Å². The third-order valence-corrected chi connectivity index (χ3v) is 8.60. The van der Waals surface area contributed by atoms with Crippen LogP contribution in [0.1, 0.15) is 59.4 Å². The summed E-state index contributed by atoms with van der Waals surface area (Å²) in [5, 5.41) is 6.41. The number of nitrogens with one attached hydrogen (secondary N) is 2. The standard InChI is InChI=1S/C37H41F2N3O/c38-31-21-19-30(20-22-31)35(29-17-14-27(15-18-29)13-12-26-7-2-1-3-8-26)36(40)37(43)42-34-11-6-10-33(39)32(34)23-16-28-9-4-5-24-41-25-28/h1-3,6-8,10-11,14-15,17-22,28,35-36,41H,4-5,9,12-13,16,23-25,40H2,(H,42,43)/t28-,35+,36+/m1/s1. The molecule has 4 N–H and O–H groups in total. The second-order valence-corrected chi connectivity index (χ2v) is 11.6. The lowest BCUT2D eigenvalue weighted by atomic mass is 9.84. The lowest BCUT2D eigenvalue weighted by molar-refractivity contribution is -0.117. The Morgan fingerprint density at radius 2 is 1.49 bits per heavy atom. The van der Waals surface area contributed by atoms with Crippen molar-refractivity contribution in [2.45, 2.75) is 56.9 Å². The SMILES string of the molecule is N[C@H](C(=O)Nc1cccc(F)c1CC[C@H]1CCCCNC1)[C@H](c1ccc(F)cc1)c1ccc(CCc2ccccc2)cc1. The molecule has 43 heavy (non-hydrogen) atoms. The zero-order valence-corrected chi connectivity index (χ0v) is 24.6. The van der Waals surface area contributed by atoms with E-state index < -0.39 is 17.9 Å². The van der Waals surface area contributed by atoms with Gasteiger partial charge in [0.25, 0.3) is 0 Å². The molecule has 4 aromatic carbocycles. The van der Waals surface area contributed by atoms with Gasteiger partial charge in [-0.2, -0.15) is 0 Å². The number of nitrogens with two attached hydrogens (primary N) is 1. The summed E-state index contributed by atoms with van der Waals surface area (Å²) in [7, 11) is 0. The first-order chi connectivity index (χ1) is 21.0. The Morgan fingerprint density at radius 1 is 0.814 bits per heavy atom. The molecule has 0 spiro atoms. The first-order valence-corrected chi connectivity index (χ1v) is 15.4. The van der Waals surface area contributed by atoms with Crippen LogP contribution >= 0.6 is 0 Å². The monoisotopic (exact) mass is 581 g/mol. The van der Waals surface area contributed by atoms with Crippen molar-refractivity contribution in [2.75, 3.05) is 18.4 Å². The predicted molar refractivity (Wildman–Crippen MR) is 170 cm³/mol. The largest absolute Gasteiger partial charge is 0.324 e. The molecule has 1 amide bonds. The number of hydrogen-bond acceptors (Lipinski definition) is 3. The van der Waals surface area contributed by atoms with Gasteiger partial charge in [0.1, 0.15) is 11.6 Å². The molecule has 1 aliphatic heterocycles. The van der Waals surface area contributed by atoms with E-state index >= 15 is 4.39 Å². The Labute approximate surface area is 253 Å². The number of benzene rings is 4. The molecule has 0 aromatic heterocycles. The van der Waals surface area contributed by atoms with Crippen LogP contribution in [0.25, 0.3) is 0 Å². The van der Waals surface area contributed by atoms with Gasteiger partial charge in [0, 0.05) is 17.2 Å². The van der Waals surface area contributed by atoms with Crippen LogP contribution in [-0.4, -0.2) is 25.0 Å². The molecule has 6 heteroatoms. The van der Waals surface area contributed by atoms with Crippen molar-refractivity contribution in [2.24, 2.45) is 11.7 Å². The van der Waals surface area contributed by atoms with Crippen molar-refractivity contribution in [1.29, 1.82) is 0 Å². The molecule has 224 valence electrons. The van der Waals surface area contributed by atoms with Crippen molar-refractivity contribution in [1.82, 2.24) is 5.32 Å². The quantitative estimate of drug-likeness (QED) is 0.176. The van der Waals surface area contributed by atoms with Crippen LogP contribution in [0.5, 0.6) is 0 Å². The highest BCUT2D eigenvalue weighted by atomic mass is 19.1. The van der Waals surface area contributed by atoms with Gasteiger partial charge in [0.05, 0.1) is 6.04 Å². The third kappa shape index (κ3) is 8.37. The fourth-order valence-corrected chi connectivity index (χ4v) is 6.09. The van der Waals surface area contributed by atoms with Crippen LogP contribution in [0.4, 0.5) is 14.5 Å². The van der Waals surface area contributed by atoms with Crippen molar-refractivity contribution < 1.29 is 13.6 Å². The van der Waals surface area contributed by atoms with E-state index in [0.717, 1.165) is 49.9 Å². The Morgan fingerprint density at radius 3 is 2.21 bits per heavy atom. The summed E-state index contributed by atoms with van der Waals surface area (Å²) in [5.41, 5.74) is 11.7. The molecule has 1 saturated heterocycles. The minimum atomic E-state index is -0.984. The molecule has 0 radical (unpaired) electrons. The van der Waals surface area contributed by atoms with E-state index in [1.807, 2.05) is 30.3 Å². The van der Waals surface area contributed by atoms with Crippen LogP contribution in [0.15, 0.2) is 97.1 Å². The molecule has 0 aliphatic carbocycles. The summed E-state index contributed by atoms with van der Waals surface area (Å²) >= 11 is 0. The predicted octanol–water partition coefficient (Wildman–Crippen LogP) is 7.17. The average molecular weight is 582 g/mol. The van der Waals surface area contributed by atoms with Crippen LogP contribution in [0.3, 0.4) is 0 Å². The number of amides is 1. The summed E-state index contributed by atoms with van der Waals surface area (Å²) in [6, 6.07) is 28.4. The maximum absolute atomic E-state index is 15.0. The fraction of sp³-hybridized carbons (Fsp3) is 0.324. The fourth-order valence-electron chi connectivity index (χ4n) is 6.09. The van der Waals surface area contributed by atoms with E-state index in [0.29, 0.717) is 23.6 Å². The highest BCUT2D eigenvalue weighted by molar-refractivity contribution is 5.96. The van der Waals surface area contributed by atoms with Crippen LogP contribution < -0.4 is 16.4 Å². The van der Waals surface area contributed by atoms with E-state index in [4.69, 9.17) is 5.73 Å². The first kappa shape index (κ1) is 30.6. The molecule has 4 nitrogen and oxygen atoms in total. The summed E-state index contributed by atoms with van der Waals surface area (Å²) in [6.45, 7) is 1.96. The second-order valence-electron chi connectivity index (χ2n) is 11.6. The maximum atomic E-state index is 15.0. The number of anilines is 1. The molecule has 0 bridgehead atoms. The van der Waals surface area contributed by atoms with E-state index in [1.54, 1.807) is 24.3 Å². The molecular formula is C37H41F2N3O. The molecule has 1 aliphatic rings. The van der Waals surface area contributed by atoms with Crippen LogP contribution in [-0.2, 0) is 24.1 Å². The molecular weight excluding hydrogens is 540 g/mol.